The van der Waals surface area contributed by atoms with Gasteiger partial charge in [0.1, 0.15) is 16.5 Å². The first kappa shape index (κ1) is 14.6. The Labute approximate surface area is 120 Å². The molecule has 20 heavy (non-hydrogen) atoms. The minimum Gasteiger partial charge on any atom is -0.506 e. The fourth-order valence-electron chi connectivity index (χ4n) is 1.61. The number of hydrogen-bond acceptors (Lipinski definition) is 3. The Kier molecular flexibility index (Phi) is 3.87. The molecule has 0 fully saturated rings. The largest absolute Gasteiger partial charge is 0.506 e. The van der Waals surface area contributed by atoms with Crippen molar-refractivity contribution < 1.29 is 17.9 Å². The van der Waals surface area contributed by atoms with Gasteiger partial charge in [-0.1, -0.05) is 17.7 Å². The van der Waals surface area contributed by atoms with E-state index in [1.54, 1.807) is 13.0 Å². The van der Waals surface area contributed by atoms with Gasteiger partial charge in [0.05, 0.1) is 10.7 Å². The number of halogens is 2. The molecule has 0 spiro atoms. The summed E-state index contributed by atoms with van der Waals surface area (Å²) in [6, 6.07) is 7.48. The molecule has 0 radical (unpaired) electrons. The molecule has 2 aromatic carbocycles. The fraction of sp³-hybridized carbons (Fsp3) is 0.0769. The summed E-state index contributed by atoms with van der Waals surface area (Å²) in [6.45, 7) is 1.74. The average molecular weight is 316 g/mol. The summed E-state index contributed by atoms with van der Waals surface area (Å²) in [4.78, 5) is -0.389. The van der Waals surface area contributed by atoms with Gasteiger partial charge >= 0.3 is 0 Å². The summed E-state index contributed by atoms with van der Waals surface area (Å²) in [7, 11) is -4.09. The molecule has 0 unspecified atom stereocenters. The number of phenolic OH excluding ortho intramolecular Hbond substituents is 1. The lowest BCUT2D eigenvalue weighted by molar-refractivity contribution is 0.477. The lowest BCUT2D eigenvalue weighted by Gasteiger charge is -2.11. The van der Waals surface area contributed by atoms with Gasteiger partial charge in [-0.3, -0.25) is 4.72 Å². The van der Waals surface area contributed by atoms with E-state index in [0.717, 1.165) is 23.8 Å². The van der Waals surface area contributed by atoms with Crippen LogP contribution in [0.4, 0.5) is 10.1 Å². The first-order chi connectivity index (χ1) is 9.29. The van der Waals surface area contributed by atoms with Gasteiger partial charge in [-0.25, -0.2) is 12.8 Å². The van der Waals surface area contributed by atoms with Crippen LogP contribution in [0.1, 0.15) is 5.56 Å². The summed E-state index contributed by atoms with van der Waals surface area (Å²) in [5.74, 6) is -0.949. The molecule has 0 aliphatic carbocycles. The van der Waals surface area contributed by atoms with E-state index in [-0.39, 0.29) is 21.4 Å². The molecule has 2 rings (SSSR count). The van der Waals surface area contributed by atoms with E-state index in [1.807, 2.05) is 0 Å². The van der Waals surface area contributed by atoms with Crippen molar-refractivity contribution in [1.29, 1.82) is 0 Å². The molecule has 2 aromatic rings. The monoisotopic (exact) mass is 315 g/mol. The third kappa shape index (κ3) is 3.02. The lowest BCUT2D eigenvalue weighted by atomic mass is 10.2. The Bertz CT molecular complexity index is 762. The van der Waals surface area contributed by atoms with Crippen LogP contribution >= 0.6 is 11.6 Å². The Morgan fingerprint density at radius 3 is 2.60 bits per heavy atom. The third-order valence-electron chi connectivity index (χ3n) is 2.58. The van der Waals surface area contributed by atoms with Gasteiger partial charge in [0.15, 0.2) is 0 Å². The van der Waals surface area contributed by atoms with E-state index >= 15 is 0 Å². The van der Waals surface area contributed by atoms with Crippen LogP contribution in [-0.2, 0) is 10.0 Å². The van der Waals surface area contributed by atoms with Gasteiger partial charge in [-0.2, -0.15) is 0 Å². The van der Waals surface area contributed by atoms with Crippen molar-refractivity contribution >= 4 is 27.3 Å². The number of hydrogen-bond donors (Lipinski definition) is 2. The Morgan fingerprint density at radius 2 is 1.90 bits per heavy atom. The van der Waals surface area contributed by atoms with E-state index in [2.05, 4.69) is 4.72 Å². The summed E-state index contributed by atoms with van der Waals surface area (Å²) in [5, 5.41) is 9.53. The van der Waals surface area contributed by atoms with Crippen LogP contribution in [0.3, 0.4) is 0 Å². The van der Waals surface area contributed by atoms with Crippen LogP contribution in [0.5, 0.6) is 5.75 Å². The van der Waals surface area contributed by atoms with E-state index < -0.39 is 15.8 Å². The predicted octanol–water partition coefficient (Wildman–Crippen LogP) is 3.29. The molecule has 0 atom stereocenters. The Balaban J connectivity index is 2.46. The zero-order valence-corrected chi connectivity index (χ0v) is 12.0. The molecule has 106 valence electrons. The van der Waals surface area contributed by atoms with Gasteiger partial charge in [-0.05, 0) is 42.8 Å². The highest BCUT2D eigenvalue weighted by molar-refractivity contribution is 7.92. The van der Waals surface area contributed by atoms with Crippen LogP contribution in [-0.4, -0.2) is 13.5 Å². The highest BCUT2D eigenvalue weighted by Crippen LogP contribution is 2.29. The maximum atomic E-state index is 13.2. The minimum absolute atomic E-state index is 0.00493. The number of sulfonamides is 1. The van der Waals surface area contributed by atoms with Crippen molar-refractivity contribution in [2.45, 2.75) is 11.8 Å². The fourth-order valence-corrected chi connectivity index (χ4v) is 3.19. The summed E-state index contributed by atoms with van der Waals surface area (Å²) >= 11 is 5.77. The van der Waals surface area contributed by atoms with Crippen molar-refractivity contribution in [2.24, 2.45) is 0 Å². The number of rotatable bonds is 3. The SMILES string of the molecule is Cc1ccc(O)c(NS(=O)(=O)c2cc(F)ccc2Cl)c1. The molecule has 4 nitrogen and oxygen atoms in total. The standard InChI is InChI=1S/C13H11ClFNO3S/c1-8-2-5-12(17)11(6-8)16-20(18,19)13-7-9(15)3-4-10(13)14/h2-7,16-17H,1H3. The number of nitrogens with one attached hydrogen (secondary N) is 1. The second-order valence-corrected chi connectivity index (χ2v) is 6.26. The van der Waals surface area contributed by atoms with Crippen molar-refractivity contribution in [3.8, 4) is 5.75 Å². The lowest BCUT2D eigenvalue weighted by Crippen LogP contribution is -2.14. The highest BCUT2D eigenvalue weighted by Gasteiger charge is 2.20. The maximum absolute atomic E-state index is 13.2. The highest BCUT2D eigenvalue weighted by atomic mass is 35.5. The summed E-state index contributed by atoms with van der Waals surface area (Å²) in [6.07, 6.45) is 0. The van der Waals surface area contributed by atoms with Crippen LogP contribution in [0.25, 0.3) is 0 Å². The van der Waals surface area contributed by atoms with Crippen LogP contribution in [0, 0.1) is 12.7 Å². The smallest absolute Gasteiger partial charge is 0.263 e. The van der Waals surface area contributed by atoms with E-state index in [4.69, 9.17) is 11.6 Å². The van der Waals surface area contributed by atoms with E-state index in [0.29, 0.717) is 0 Å². The van der Waals surface area contributed by atoms with Gasteiger partial charge in [0.2, 0.25) is 0 Å². The van der Waals surface area contributed by atoms with Gasteiger partial charge < -0.3 is 5.11 Å². The minimum atomic E-state index is -4.09. The van der Waals surface area contributed by atoms with Crippen molar-refractivity contribution in [2.75, 3.05) is 4.72 Å². The molecule has 7 heteroatoms. The normalized spacial score (nSPS) is 11.3. The maximum Gasteiger partial charge on any atom is 0.263 e. The topological polar surface area (TPSA) is 66.4 Å². The zero-order chi connectivity index (χ0) is 14.9. The number of benzene rings is 2. The predicted molar refractivity (Wildman–Crippen MR) is 75.1 cm³/mol. The number of aromatic hydroxyl groups is 1. The number of aryl methyl sites for hydroxylation is 1. The van der Waals surface area contributed by atoms with Gasteiger partial charge in [0, 0.05) is 0 Å². The molecule has 0 saturated carbocycles. The first-order valence-corrected chi connectivity index (χ1v) is 7.43. The summed E-state index contributed by atoms with van der Waals surface area (Å²) in [5.41, 5.74) is 0.760. The molecule has 0 bridgehead atoms. The molecule has 2 N–H and O–H groups in total. The van der Waals surface area contributed by atoms with Crippen molar-refractivity contribution in [1.82, 2.24) is 0 Å². The van der Waals surface area contributed by atoms with Crippen molar-refractivity contribution in [3.63, 3.8) is 0 Å². The average Bonchev–Trinajstić information content (AvgIpc) is 2.36. The molecule has 0 aliphatic rings. The number of phenols is 1. The molecule has 0 amide bonds. The van der Waals surface area contributed by atoms with Crippen molar-refractivity contribution in [3.05, 3.63) is 52.8 Å². The van der Waals surface area contributed by atoms with Crippen LogP contribution < -0.4 is 4.72 Å². The molecular formula is C13H11ClFNO3S. The molecule has 0 heterocycles. The summed E-state index contributed by atoms with van der Waals surface area (Å²) < 4.78 is 39.7. The van der Waals surface area contributed by atoms with Gasteiger partial charge in [0.25, 0.3) is 10.0 Å². The second kappa shape index (κ2) is 5.30. The quantitative estimate of drug-likeness (QED) is 0.854. The van der Waals surface area contributed by atoms with Crippen LogP contribution in [0.15, 0.2) is 41.3 Å². The van der Waals surface area contributed by atoms with E-state index in [1.165, 1.54) is 12.1 Å². The number of anilines is 1. The Hall–Kier alpha value is -1.79. The molecule has 0 aliphatic heterocycles. The van der Waals surface area contributed by atoms with Gasteiger partial charge in [-0.15, -0.1) is 0 Å². The second-order valence-electron chi connectivity index (χ2n) is 4.20. The third-order valence-corrected chi connectivity index (χ3v) is 4.43. The zero-order valence-electron chi connectivity index (χ0n) is 10.4. The van der Waals surface area contributed by atoms with E-state index in [9.17, 15) is 17.9 Å². The van der Waals surface area contributed by atoms with Crippen LogP contribution in [0.2, 0.25) is 5.02 Å². The molecule has 0 saturated heterocycles. The first-order valence-electron chi connectivity index (χ1n) is 5.57. The Morgan fingerprint density at radius 1 is 1.20 bits per heavy atom. The molecular weight excluding hydrogens is 305 g/mol. The molecule has 0 aromatic heterocycles.